The highest BCUT2D eigenvalue weighted by Gasteiger charge is 2.24. The Morgan fingerprint density at radius 3 is 2.97 bits per heavy atom. The first kappa shape index (κ1) is 17.9. The van der Waals surface area contributed by atoms with Gasteiger partial charge in [0.15, 0.2) is 5.58 Å². The van der Waals surface area contributed by atoms with Crippen molar-refractivity contribution in [2.75, 3.05) is 5.32 Å². The molecule has 0 spiro atoms. The van der Waals surface area contributed by atoms with E-state index in [2.05, 4.69) is 20.4 Å². The largest absolute Gasteiger partial charge is 0.424 e. The number of rotatable bonds is 5. The molecule has 0 radical (unpaired) electrons. The lowest BCUT2D eigenvalue weighted by molar-refractivity contribution is 0.115. The summed E-state index contributed by atoms with van der Waals surface area (Å²) in [5.41, 5.74) is 4.55. The fourth-order valence-electron chi connectivity index (χ4n) is 3.93. The van der Waals surface area contributed by atoms with Gasteiger partial charge in [0.25, 0.3) is 6.01 Å². The normalized spacial score (nSPS) is 19.7. The summed E-state index contributed by atoms with van der Waals surface area (Å²) in [5, 5.41) is 17.6. The van der Waals surface area contributed by atoms with Crippen LogP contribution < -0.4 is 5.32 Å². The second kappa shape index (κ2) is 7.36. The van der Waals surface area contributed by atoms with Gasteiger partial charge >= 0.3 is 0 Å². The average Bonchev–Trinajstić information content (AvgIpc) is 3.43. The van der Waals surface area contributed by atoms with Crippen LogP contribution in [0, 0.1) is 0 Å². The van der Waals surface area contributed by atoms with Gasteiger partial charge in [0.1, 0.15) is 5.52 Å². The zero-order valence-electron chi connectivity index (χ0n) is 16.3. The highest BCUT2D eigenvalue weighted by Crippen LogP contribution is 2.25. The van der Waals surface area contributed by atoms with Crippen LogP contribution >= 0.6 is 0 Å². The fraction of sp³-hybridized carbons (Fsp3) is 0.381. The maximum atomic E-state index is 10.2. The summed E-state index contributed by atoms with van der Waals surface area (Å²) >= 11 is 0. The van der Waals surface area contributed by atoms with Crippen molar-refractivity contribution in [3.05, 3.63) is 48.7 Å². The molecular weight excluding hydrogens is 368 g/mol. The second-order valence-electron chi connectivity index (χ2n) is 7.76. The predicted octanol–water partition coefficient (Wildman–Crippen LogP) is 3.19. The molecule has 29 heavy (non-hydrogen) atoms. The van der Waals surface area contributed by atoms with Gasteiger partial charge < -0.3 is 19.4 Å². The Labute approximate surface area is 168 Å². The number of hydrogen-bond acceptors (Lipinski definition) is 6. The number of nitrogens with zero attached hydrogens (tertiary/aromatic N) is 5. The molecule has 1 aromatic carbocycles. The predicted molar refractivity (Wildman–Crippen MR) is 109 cm³/mol. The van der Waals surface area contributed by atoms with Crippen LogP contribution in [-0.4, -0.2) is 41.6 Å². The lowest BCUT2D eigenvalue weighted by Crippen LogP contribution is -2.36. The maximum Gasteiger partial charge on any atom is 0.295 e. The first-order valence-corrected chi connectivity index (χ1v) is 9.99. The maximum absolute atomic E-state index is 10.2. The molecule has 3 heterocycles. The third-order valence-electron chi connectivity index (χ3n) is 5.49. The van der Waals surface area contributed by atoms with E-state index in [1.54, 1.807) is 4.68 Å². The van der Waals surface area contributed by atoms with E-state index in [0.29, 0.717) is 12.6 Å². The van der Waals surface area contributed by atoms with E-state index >= 15 is 0 Å². The summed E-state index contributed by atoms with van der Waals surface area (Å²) in [6, 6.07) is 6.51. The molecule has 1 aliphatic rings. The van der Waals surface area contributed by atoms with E-state index in [1.165, 1.54) is 0 Å². The SMILES string of the molecule is Cn1cc(-c2cn(Cc3ccc4nc(NC5CCCCC5O)oc4c3)cn2)cn1. The number of aliphatic hydroxyl groups is 1. The van der Waals surface area contributed by atoms with Gasteiger partial charge in [-0.2, -0.15) is 10.1 Å². The number of oxazole rings is 1. The molecule has 2 N–H and O–H groups in total. The van der Waals surface area contributed by atoms with Crippen LogP contribution in [-0.2, 0) is 13.6 Å². The van der Waals surface area contributed by atoms with E-state index in [-0.39, 0.29) is 12.1 Å². The third kappa shape index (κ3) is 3.75. The van der Waals surface area contributed by atoms with Crippen molar-refractivity contribution < 1.29 is 9.52 Å². The smallest absolute Gasteiger partial charge is 0.295 e. The fourth-order valence-corrected chi connectivity index (χ4v) is 3.93. The second-order valence-corrected chi connectivity index (χ2v) is 7.76. The van der Waals surface area contributed by atoms with Crippen molar-refractivity contribution >= 4 is 17.1 Å². The van der Waals surface area contributed by atoms with Gasteiger partial charge in [-0.15, -0.1) is 0 Å². The van der Waals surface area contributed by atoms with Crippen molar-refractivity contribution in [3.63, 3.8) is 0 Å². The number of imidazole rings is 1. The molecule has 2 unspecified atom stereocenters. The van der Waals surface area contributed by atoms with Crippen molar-refractivity contribution in [3.8, 4) is 11.3 Å². The van der Waals surface area contributed by atoms with E-state index in [0.717, 1.165) is 53.6 Å². The molecule has 8 nitrogen and oxygen atoms in total. The summed E-state index contributed by atoms with van der Waals surface area (Å²) in [5.74, 6) is 0. The summed E-state index contributed by atoms with van der Waals surface area (Å²) in [4.78, 5) is 8.99. The van der Waals surface area contributed by atoms with Gasteiger partial charge in [-0.05, 0) is 30.5 Å². The highest BCUT2D eigenvalue weighted by atomic mass is 16.4. The molecule has 1 saturated carbocycles. The van der Waals surface area contributed by atoms with E-state index in [4.69, 9.17) is 4.42 Å². The molecule has 0 saturated heterocycles. The first-order valence-electron chi connectivity index (χ1n) is 9.99. The summed E-state index contributed by atoms with van der Waals surface area (Å²) in [7, 11) is 1.89. The van der Waals surface area contributed by atoms with Crippen molar-refractivity contribution in [2.24, 2.45) is 7.05 Å². The number of aromatic nitrogens is 5. The Kier molecular flexibility index (Phi) is 4.55. The molecule has 0 aliphatic heterocycles. The van der Waals surface area contributed by atoms with Gasteiger partial charge in [0.2, 0.25) is 0 Å². The lowest BCUT2D eigenvalue weighted by Gasteiger charge is -2.27. The van der Waals surface area contributed by atoms with Crippen molar-refractivity contribution in [1.82, 2.24) is 24.3 Å². The molecule has 0 amide bonds. The molecular formula is C21H24N6O2. The van der Waals surface area contributed by atoms with Crippen LogP contribution in [0.25, 0.3) is 22.4 Å². The monoisotopic (exact) mass is 392 g/mol. The zero-order chi connectivity index (χ0) is 19.8. The van der Waals surface area contributed by atoms with Crippen molar-refractivity contribution in [1.29, 1.82) is 0 Å². The van der Waals surface area contributed by atoms with Crippen molar-refractivity contribution in [2.45, 2.75) is 44.4 Å². The molecule has 5 rings (SSSR count). The van der Waals surface area contributed by atoms with Gasteiger partial charge in [-0.3, -0.25) is 4.68 Å². The molecule has 3 aromatic heterocycles. The third-order valence-corrected chi connectivity index (χ3v) is 5.49. The average molecular weight is 392 g/mol. The van der Waals surface area contributed by atoms with E-state index < -0.39 is 0 Å². The summed E-state index contributed by atoms with van der Waals surface area (Å²) in [6.45, 7) is 0.688. The molecule has 4 aromatic rings. The molecule has 0 bridgehead atoms. The number of hydrogen-bond donors (Lipinski definition) is 2. The van der Waals surface area contributed by atoms with Gasteiger partial charge in [-0.25, -0.2) is 4.98 Å². The highest BCUT2D eigenvalue weighted by molar-refractivity contribution is 5.75. The van der Waals surface area contributed by atoms with Crippen LogP contribution in [0.1, 0.15) is 31.2 Å². The van der Waals surface area contributed by atoms with Crippen LogP contribution in [0.2, 0.25) is 0 Å². The Morgan fingerprint density at radius 1 is 1.24 bits per heavy atom. The molecule has 150 valence electrons. The quantitative estimate of drug-likeness (QED) is 0.542. The summed E-state index contributed by atoms with van der Waals surface area (Å²) in [6.07, 6.45) is 11.2. The van der Waals surface area contributed by atoms with Crippen LogP contribution in [0.15, 0.2) is 47.5 Å². The molecule has 2 atom stereocenters. The lowest BCUT2D eigenvalue weighted by atomic mass is 9.93. The standard InChI is InChI=1S/C21H24N6O2/c1-26-11-15(9-23-26)18-12-27(13-22-18)10-14-6-7-17-20(8-14)29-21(25-17)24-16-4-2-3-5-19(16)28/h6-9,11-13,16,19,28H,2-5,10H2,1H3,(H,24,25). The summed E-state index contributed by atoms with van der Waals surface area (Å²) < 4.78 is 9.71. The number of nitrogens with one attached hydrogen (secondary N) is 1. The van der Waals surface area contributed by atoms with Crippen LogP contribution in [0.4, 0.5) is 6.01 Å². The Morgan fingerprint density at radius 2 is 2.14 bits per heavy atom. The Hall–Kier alpha value is -3.13. The molecule has 1 aliphatic carbocycles. The first-order chi connectivity index (χ1) is 14.1. The van der Waals surface area contributed by atoms with Gasteiger partial charge in [-0.1, -0.05) is 18.9 Å². The number of benzene rings is 1. The Bertz CT molecular complexity index is 1130. The zero-order valence-corrected chi connectivity index (χ0v) is 16.3. The minimum atomic E-state index is -0.343. The minimum Gasteiger partial charge on any atom is -0.424 e. The molecule has 8 heteroatoms. The van der Waals surface area contributed by atoms with E-state index in [9.17, 15) is 5.11 Å². The van der Waals surface area contributed by atoms with Gasteiger partial charge in [0, 0.05) is 31.5 Å². The Balaban J connectivity index is 1.32. The topological polar surface area (TPSA) is 93.9 Å². The number of aliphatic hydroxyl groups excluding tert-OH is 1. The number of anilines is 1. The van der Waals surface area contributed by atoms with Crippen LogP contribution in [0.5, 0.6) is 0 Å². The van der Waals surface area contributed by atoms with Crippen LogP contribution in [0.3, 0.4) is 0 Å². The number of fused-ring (bicyclic) bond motifs is 1. The minimum absolute atomic E-state index is 0.00753. The van der Waals surface area contributed by atoms with E-state index in [1.807, 2.05) is 54.7 Å². The number of aryl methyl sites for hydroxylation is 1. The molecule has 1 fully saturated rings. The van der Waals surface area contributed by atoms with Gasteiger partial charge in [0.05, 0.1) is 30.4 Å².